The number of amides is 1. The zero-order valence-corrected chi connectivity index (χ0v) is 10.5. The van der Waals surface area contributed by atoms with Crippen LogP contribution in [0.1, 0.15) is 5.69 Å². The molecule has 0 bridgehead atoms. The Bertz CT molecular complexity index is 648. The number of nitrogens with one attached hydrogen (secondary N) is 1. The fraction of sp³-hybridized carbons (Fsp3) is 0.231. The third-order valence-corrected chi connectivity index (χ3v) is 3.14. The van der Waals surface area contributed by atoms with Crippen molar-refractivity contribution in [2.45, 2.75) is 6.54 Å². The van der Waals surface area contributed by atoms with E-state index in [0.717, 1.165) is 17.0 Å². The minimum Gasteiger partial charge on any atom is -0.482 e. The van der Waals surface area contributed by atoms with Crippen molar-refractivity contribution in [2.75, 3.05) is 11.9 Å². The molecule has 1 aliphatic rings. The van der Waals surface area contributed by atoms with Gasteiger partial charge < -0.3 is 20.4 Å². The van der Waals surface area contributed by atoms with Crippen molar-refractivity contribution >= 4 is 11.6 Å². The average Bonchev–Trinajstić information content (AvgIpc) is 2.79. The summed E-state index contributed by atoms with van der Waals surface area (Å²) in [6.45, 7) is 0.468. The van der Waals surface area contributed by atoms with Gasteiger partial charge in [0.05, 0.1) is 23.4 Å². The van der Waals surface area contributed by atoms with Crippen LogP contribution in [0.5, 0.6) is 5.75 Å². The third-order valence-electron chi connectivity index (χ3n) is 3.14. The van der Waals surface area contributed by atoms with Crippen LogP contribution in [0.3, 0.4) is 0 Å². The van der Waals surface area contributed by atoms with Crippen LogP contribution in [0.15, 0.2) is 24.5 Å². The SMILES string of the molecule is Cn1cnc(-c2ccc3c(c2)NC(=O)CO3)c1CN. The van der Waals surface area contributed by atoms with E-state index in [9.17, 15) is 4.79 Å². The highest BCUT2D eigenvalue weighted by Gasteiger charge is 2.18. The molecule has 0 saturated heterocycles. The molecule has 2 heterocycles. The summed E-state index contributed by atoms with van der Waals surface area (Å²) >= 11 is 0. The Balaban J connectivity index is 2.06. The van der Waals surface area contributed by atoms with Gasteiger partial charge in [-0.2, -0.15) is 0 Å². The number of rotatable bonds is 2. The van der Waals surface area contributed by atoms with E-state index >= 15 is 0 Å². The van der Waals surface area contributed by atoms with E-state index in [-0.39, 0.29) is 12.5 Å². The fourth-order valence-corrected chi connectivity index (χ4v) is 2.17. The van der Waals surface area contributed by atoms with Crippen LogP contribution in [-0.4, -0.2) is 22.1 Å². The highest BCUT2D eigenvalue weighted by Crippen LogP contribution is 2.33. The Kier molecular flexibility index (Phi) is 2.72. The zero-order chi connectivity index (χ0) is 13.4. The highest BCUT2D eigenvalue weighted by molar-refractivity contribution is 5.96. The summed E-state index contributed by atoms with van der Waals surface area (Å²) in [5, 5.41) is 2.78. The van der Waals surface area contributed by atoms with Gasteiger partial charge in [0.1, 0.15) is 5.75 Å². The maximum atomic E-state index is 11.3. The van der Waals surface area contributed by atoms with Gasteiger partial charge in [-0.25, -0.2) is 4.98 Å². The van der Waals surface area contributed by atoms with E-state index in [2.05, 4.69) is 10.3 Å². The van der Waals surface area contributed by atoms with E-state index in [1.54, 1.807) is 6.33 Å². The number of benzene rings is 1. The number of carbonyl (C=O) groups excluding carboxylic acids is 1. The van der Waals surface area contributed by atoms with Crippen molar-refractivity contribution in [3.05, 3.63) is 30.2 Å². The minimum absolute atomic E-state index is 0.0595. The molecule has 3 N–H and O–H groups in total. The Labute approximate surface area is 110 Å². The molecule has 6 heteroatoms. The molecule has 0 fully saturated rings. The van der Waals surface area contributed by atoms with Gasteiger partial charge in [0.2, 0.25) is 0 Å². The summed E-state index contributed by atoms with van der Waals surface area (Å²) < 4.78 is 7.22. The lowest BCUT2D eigenvalue weighted by atomic mass is 10.1. The molecule has 98 valence electrons. The standard InChI is InChI=1S/C13H14N4O2/c1-17-7-15-13(10(17)5-14)8-2-3-11-9(4-8)16-12(18)6-19-11/h2-4,7H,5-6,14H2,1H3,(H,16,18). The molecule has 0 unspecified atom stereocenters. The number of nitrogens with zero attached hydrogens (tertiary/aromatic N) is 2. The quantitative estimate of drug-likeness (QED) is 0.837. The molecule has 1 amide bonds. The first-order chi connectivity index (χ1) is 9.19. The number of nitrogens with two attached hydrogens (primary N) is 1. The third kappa shape index (κ3) is 1.96. The van der Waals surface area contributed by atoms with E-state index in [4.69, 9.17) is 10.5 Å². The van der Waals surface area contributed by atoms with E-state index in [1.807, 2.05) is 29.8 Å². The first-order valence-corrected chi connectivity index (χ1v) is 5.96. The lowest BCUT2D eigenvalue weighted by molar-refractivity contribution is -0.118. The van der Waals surface area contributed by atoms with E-state index < -0.39 is 0 Å². The molecule has 1 aliphatic heterocycles. The molecule has 6 nitrogen and oxygen atoms in total. The number of carbonyl (C=O) groups is 1. The molecule has 1 aromatic heterocycles. The summed E-state index contributed by atoms with van der Waals surface area (Å²) in [6, 6.07) is 5.60. The lowest BCUT2D eigenvalue weighted by Gasteiger charge is -2.18. The summed E-state index contributed by atoms with van der Waals surface area (Å²) in [7, 11) is 1.90. The molecule has 0 spiro atoms. The van der Waals surface area contributed by atoms with Crippen LogP contribution in [0.4, 0.5) is 5.69 Å². The fourth-order valence-electron chi connectivity index (χ4n) is 2.17. The first kappa shape index (κ1) is 11.7. The molecule has 0 aliphatic carbocycles. The van der Waals surface area contributed by atoms with Gasteiger partial charge in [0.25, 0.3) is 5.91 Å². The summed E-state index contributed by atoms with van der Waals surface area (Å²) in [5.41, 5.74) is 9.09. The number of fused-ring (bicyclic) bond motifs is 1. The number of aromatic nitrogens is 2. The van der Waals surface area contributed by atoms with Gasteiger partial charge in [-0.1, -0.05) is 0 Å². The van der Waals surface area contributed by atoms with Gasteiger partial charge in [-0.05, 0) is 18.2 Å². The Morgan fingerprint density at radius 2 is 2.37 bits per heavy atom. The van der Waals surface area contributed by atoms with E-state index in [1.165, 1.54) is 0 Å². The van der Waals surface area contributed by atoms with Crippen molar-refractivity contribution in [1.82, 2.24) is 9.55 Å². The number of hydrogen-bond donors (Lipinski definition) is 2. The summed E-state index contributed by atoms with van der Waals surface area (Å²) in [5.74, 6) is 0.526. The van der Waals surface area contributed by atoms with Gasteiger partial charge in [-0.15, -0.1) is 0 Å². The van der Waals surface area contributed by atoms with Crippen LogP contribution < -0.4 is 15.8 Å². The monoisotopic (exact) mass is 258 g/mol. The number of hydrogen-bond acceptors (Lipinski definition) is 4. The first-order valence-electron chi connectivity index (χ1n) is 5.96. The molecule has 0 saturated carbocycles. The van der Waals surface area contributed by atoms with Crippen LogP contribution in [-0.2, 0) is 18.4 Å². The second-order valence-electron chi connectivity index (χ2n) is 4.40. The van der Waals surface area contributed by atoms with Gasteiger partial charge in [0, 0.05) is 19.2 Å². The van der Waals surface area contributed by atoms with Crippen molar-refractivity contribution in [3.63, 3.8) is 0 Å². The van der Waals surface area contributed by atoms with Gasteiger partial charge in [0.15, 0.2) is 6.61 Å². The highest BCUT2D eigenvalue weighted by atomic mass is 16.5. The second kappa shape index (κ2) is 4.40. The van der Waals surface area contributed by atoms with Crippen LogP contribution in [0.25, 0.3) is 11.3 Å². The van der Waals surface area contributed by atoms with Gasteiger partial charge in [-0.3, -0.25) is 4.79 Å². The smallest absolute Gasteiger partial charge is 0.262 e. The topological polar surface area (TPSA) is 82.2 Å². The number of imidazole rings is 1. The maximum Gasteiger partial charge on any atom is 0.262 e. The Hall–Kier alpha value is -2.34. The predicted molar refractivity (Wildman–Crippen MR) is 70.7 cm³/mol. The molecule has 3 rings (SSSR count). The molecule has 1 aromatic carbocycles. The van der Waals surface area contributed by atoms with Crippen molar-refractivity contribution in [2.24, 2.45) is 12.8 Å². The van der Waals surface area contributed by atoms with Crippen molar-refractivity contribution in [1.29, 1.82) is 0 Å². The second-order valence-corrected chi connectivity index (χ2v) is 4.40. The molecular weight excluding hydrogens is 244 g/mol. The van der Waals surface area contributed by atoms with Crippen molar-refractivity contribution < 1.29 is 9.53 Å². The normalized spacial score (nSPS) is 13.7. The Morgan fingerprint density at radius 1 is 1.53 bits per heavy atom. The van der Waals surface area contributed by atoms with Crippen LogP contribution >= 0.6 is 0 Å². The lowest BCUT2D eigenvalue weighted by Crippen LogP contribution is -2.25. The molecule has 2 aromatic rings. The van der Waals surface area contributed by atoms with Crippen molar-refractivity contribution in [3.8, 4) is 17.0 Å². The Morgan fingerprint density at radius 3 is 3.16 bits per heavy atom. The minimum atomic E-state index is -0.148. The largest absolute Gasteiger partial charge is 0.482 e. The number of ether oxygens (including phenoxy) is 1. The predicted octanol–water partition coefficient (Wildman–Crippen LogP) is 0.877. The summed E-state index contributed by atoms with van der Waals surface area (Å²) in [6.07, 6.45) is 1.73. The molecular formula is C13H14N4O2. The zero-order valence-electron chi connectivity index (χ0n) is 10.5. The van der Waals surface area contributed by atoms with Crippen LogP contribution in [0, 0.1) is 0 Å². The molecule has 0 radical (unpaired) electrons. The van der Waals surface area contributed by atoms with Gasteiger partial charge >= 0.3 is 0 Å². The van der Waals surface area contributed by atoms with E-state index in [0.29, 0.717) is 18.0 Å². The maximum absolute atomic E-state index is 11.3. The molecule has 0 atom stereocenters. The summed E-state index contributed by atoms with van der Waals surface area (Å²) in [4.78, 5) is 15.7. The average molecular weight is 258 g/mol. The number of anilines is 1. The number of aryl methyl sites for hydroxylation is 1. The molecule has 19 heavy (non-hydrogen) atoms. The van der Waals surface area contributed by atoms with Crippen LogP contribution in [0.2, 0.25) is 0 Å².